The van der Waals surface area contributed by atoms with Gasteiger partial charge in [0.25, 0.3) is 0 Å². The molecule has 1 N–H and O–H groups in total. The lowest BCUT2D eigenvalue weighted by Crippen LogP contribution is -2.29. The van der Waals surface area contributed by atoms with Crippen molar-refractivity contribution in [2.75, 3.05) is 0 Å². The number of amides is 1. The molecule has 1 aliphatic carbocycles. The fraction of sp³-hybridized carbons (Fsp3) is 0.294. The number of pyridine rings is 1. The third kappa shape index (κ3) is 4.67. The molecule has 1 atom stereocenters. The van der Waals surface area contributed by atoms with Crippen LogP contribution in [0.3, 0.4) is 0 Å². The van der Waals surface area contributed by atoms with Crippen LogP contribution in [0.25, 0.3) is 0 Å². The van der Waals surface area contributed by atoms with E-state index in [1.54, 1.807) is 24.3 Å². The van der Waals surface area contributed by atoms with E-state index in [1.807, 2.05) is 6.07 Å². The number of halogens is 4. The molecule has 1 unspecified atom stereocenters. The zero-order chi connectivity index (χ0) is 18.0. The molecule has 0 bridgehead atoms. The van der Waals surface area contributed by atoms with Gasteiger partial charge in [0.05, 0.1) is 10.6 Å². The van der Waals surface area contributed by atoms with Gasteiger partial charge in [-0.1, -0.05) is 53.7 Å². The van der Waals surface area contributed by atoms with Crippen LogP contribution in [0.1, 0.15) is 29.2 Å². The van der Waals surface area contributed by atoms with Gasteiger partial charge in [-0.3, -0.25) is 4.79 Å². The fourth-order valence-corrected chi connectivity index (χ4v) is 3.46. The molecule has 1 aromatic heterocycles. The topological polar surface area (TPSA) is 42.0 Å². The number of rotatable bonds is 5. The molecule has 8 heteroatoms. The Morgan fingerprint density at radius 1 is 1.28 bits per heavy atom. The van der Waals surface area contributed by atoms with Gasteiger partial charge in [-0.15, -0.1) is 0 Å². The van der Waals surface area contributed by atoms with Gasteiger partial charge in [0.1, 0.15) is 10.3 Å². The third-order valence-electron chi connectivity index (χ3n) is 3.63. The Morgan fingerprint density at radius 3 is 2.52 bits per heavy atom. The number of carbonyl (C=O) groups is 1. The Balaban J connectivity index is 1.86. The first-order valence-corrected chi connectivity index (χ1v) is 8.85. The monoisotopic (exact) mass is 386 g/mol. The van der Waals surface area contributed by atoms with Crippen LogP contribution in [0.15, 0.2) is 47.6 Å². The molecule has 0 saturated heterocycles. The van der Waals surface area contributed by atoms with Crippen molar-refractivity contribution < 1.29 is 18.0 Å². The number of thioether (sulfide) groups is 1. The standard InChI is InChI=1S/C17H14ClF3N2OS/c18-13-8-11(17(19,20)21)9-22-16(13)25-14(10-4-2-1-3-5-10)15(24)23-12-6-7-12/h1-5,8-9,12,14H,6-7H2,(H,23,24). The predicted molar refractivity (Wildman–Crippen MR) is 90.5 cm³/mol. The summed E-state index contributed by atoms with van der Waals surface area (Å²) in [4.78, 5) is 16.4. The maximum absolute atomic E-state index is 12.7. The van der Waals surface area contributed by atoms with Crippen molar-refractivity contribution in [2.45, 2.75) is 35.3 Å². The first kappa shape index (κ1) is 18.1. The fourth-order valence-electron chi connectivity index (χ4n) is 2.18. The first-order valence-electron chi connectivity index (χ1n) is 7.59. The van der Waals surface area contributed by atoms with E-state index in [0.29, 0.717) is 0 Å². The van der Waals surface area contributed by atoms with Crippen molar-refractivity contribution >= 4 is 29.3 Å². The van der Waals surface area contributed by atoms with Crippen molar-refractivity contribution in [3.8, 4) is 0 Å². The Bertz CT molecular complexity index is 766. The number of carbonyl (C=O) groups excluding carboxylic acids is 1. The molecule has 1 amide bonds. The van der Waals surface area contributed by atoms with Gasteiger partial charge >= 0.3 is 6.18 Å². The first-order chi connectivity index (χ1) is 11.8. The Hall–Kier alpha value is -1.73. The minimum absolute atomic E-state index is 0.125. The maximum Gasteiger partial charge on any atom is 0.417 e. The number of nitrogens with zero attached hydrogens (tertiary/aromatic N) is 1. The number of alkyl halides is 3. The molecule has 0 aliphatic heterocycles. The second-order valence-electron chi connectivity index (χ2n) is 5.70. The second-order valence-corrected chi connectivity index (χ2v) is 7.20. The highest BCUT2D eigenvalue weighted by atomic mass is 35.5. The zero-order valence-corrected chi connectivity index (χ0v) is 14.5. The molecule has 2 aromatic rings. The largest absolute Gasteiger partial charge is 0.417 e. The average molecular weight is 387 g/mol. The number of benzene rings is 1. The summed E-state index contributed by atoms with van der Waals surface area (Å²) in [7, 11) is 0. The molecular weight excluding hydrogens is 373 g/mol. The molecule has 0 spiro atoms. The van der Waals surface area contributed by atoms with E-state index in [9.17, 15) is 18.0 Å². The van der Waals surface area contributed by atoms with Crippen LogP contribution in [0.2, 0.25) is 5.02 Å². The summed E-state index contributed by atoms with van der Waals surface area (Å²) in [5.74, 6) is -0.198. The Kier molecular flexibility index (Phi) is 5.24. The van der Waals surface area contributed by atoms with Crippen LogP contribution in [0.5, 0.6) is 0 Å². The number of aromatic nitrogens is 1. The van der Waals surface area contributed by atoms with Crippen LogP contribution in [-0.2, 0) is 11.0 Å². The van der Waals surface area contributed by atoms with Gasteiger partial charge in [0, 0.05) is 12.2 Å². The van der Waals surface area contributed by atoms with Crippen molar-refractivity contribution in [1.82, 2.24) is 10.3 Å². The van der Waals surface area contributed by atoms with E-state index < -0.39 is 17.0 Å². The summed E-state index contributed by atoms with van der Waals surface area (Å²) in [6.07, 6.45) is -1.90. The lowest BCUT2D eigenvalue weighted by atomic mass is 10.1. The lowest BCUT2D eigenvalue weighted by molar-refractivity contribution is -0.137. The van der Waals surface area contributed by atoms with Crippen molar-refractivity contribution in [2.24, 2.45) is 0 Å². The molecule has 1 heterocycles. The maximum atomic E-state index is 12.7. The highest BCUT2D eigenvalue weighted by Crippen LogP contribution is 2.40. The molecule has 1 fully saturated rings. The smallest absolute Gasteiger partial charge is 0.352 e. The molecule has 3 rings (SSSR count). The number of hydrogen-bond acceptors (Lipinski definition) is 3. The number of hydrogen-bond donors (Lipinski definition) is 1. The van der Waals surface area contributed by atoms with E-state index in [-0.39, 0.29) is 22.0 Å². The van der Waals surface area contributed by atoms with Crippen molar-refractivity contribution in [1.29, 1.82) is 0 Å². The minimum atomic E-state index is -4.51. The lowest BCUT2D eigenvalue weighted by Gasteiger charge is -2.17. The van der Waals surface area contributed by atoms with Crippen LogP contribution >= 0.6 is 23.4 Å². The number of nitrogens with one attached hydrogen (secondary N) is 1. The normalized spacial score (nSPS) is 15.7. The van der Waals surface area contributed by atoms with Gasteiger partial charge in [0.15, 0.2) is 0 Å². The summed E-state index contributed by atoms with van der Waals surface area (Å²) in [5.41, 5.74) is -0.177. The van der Waals surface area contributed by atoms with Gasteiger partial charge in [-0.2, -0.15) is 13.2 Å². The van der Waals surface area contributed by atoms with Crippen molar-refractivity contribution in [3.63, 3.8) is 0 Å². The average Bonchev–Trinajstić information content (AvgIpc) is 3.37. The molecule has 1 saturated carbocycles. The van der Waals surface area contributed by atoms with E-state index in [1.165, 1.54) is 0 Å². The highest BCUT2D eigenvalue weighted by molar-refractivity contribution is 8.00. The Labute approximate surface area is 152 Å². The quantitative estimate of drug-likeness (QED) is 0.746. The van der Waals surface area contributed by atoms with Gasteiger partial charge in [-0.25, -0.2) is 4.98 Å². The molecular formula is C17H14ClF3N2OS. The van der Waals surface area contributed by atoms with E-state index in [0.717, 1.165) is 42.4 Å². The molecule has 25 heavy (non-hydrogen) atoms. The molecule has 3 nitrogen and oxygen atoms in total. The summed E-state index contributed by atoms with van der Waals surface area (Å²) >= 11 is 7.02. The predicted octanol–water partition coefficient (Wildman–Crippen LogP) is 4.87. The SMILES string of the molecule is O=C(NC1CC1)C(Sc1ncc(C(F)(F)F)cc1Cl)c1ccccc1. The van der Waals surface area contributed by atoms with Crippen LogP contribution in [0, 0.1) is 0 Å². The summed E-state index contributed by atoms with van der Waals surface area (Å²) in [6.45, 7) is 0. The van der Waals surface area contributed by atoms with Crippen LogP contribution < -0.4 is 5.32 Å². The van der Waals surface area contributed by atoms with E-state index >= 15 is 0 Å². The Morgan fingerprint density at radius 2 is 1.96 bits per heavy atom. The third-order valence-corrected chi connectivity index (χ3v) is 5.30. The highest BCUT2D eigenvalue weighted by Gasteiger charge is 2.33. The van der Waals surface area contributed by atoms with Gasteiger partial charge in [0.2, 0.25) is 5.91 Å². The molecule has 1 aromatic carbocycles. The van der Waals surface area contributed by atoms with Crippen molar-refractivity contribution in [3.05, 3.63) is 58.7 Å². The molecule has 1 aliphatic rings. The zero-order valence-electron chi connectivity index (χ0n) is 12.9. The van der Waals surface area contributed by atoms with Gasteiger partial charge in [-0.05, 0) is 24.5 Å². The minimum Gasteiger partial charge on any atom is -0.352 e. The summed E-state index contributed by atoms with van der Waals surface area (Å²) in [5, 5.41) is 2.35. The summed E-state index contributed by atoms with van der Waals surface area (Å²) < 4.78 is 38.2. The van der Waals surface area contributed by atoms with Gasteiger partial charge < -0.3 is 5.32 Å². The van der Waals surface area contributed by atoms with Crippen LogP contribution in [0.4, 0.5) is 13.2 Å². The second kappa shape index (κ2) is 7.25. The molecule has 132 valence electrons. The summed E-state index contributed by atoms with van der Waals surface area (Å²) in [6, 6.07) is 10.0. The van der Waals surface area contributed by atoms with E-state index in [2.05, 4.69) is 10.3 Å². The molecule has 0 radical (unpaired) electrons. The van der Waals surface area contributed by atoms with E-state index in [4.69, 9.17) is 11.6 Å². The van der Waals surface area contributed by atoms with Crippen LogP contribution in [-0.4, -0.2) is 16.9 Å².